The molecule has 2 rings (SSSR count). The summed E-state index contributed by atoms with van der Waals surface area (Å²) in [5, 5.41) is 9.37. The Bertz CT molecular complexity index is 430. The molecule has 1 aliphatic rings. The third-order valence-corrected chi connectivity index (χ3v) is 4.85. The largest absolute Gasteiger partial charge is 0.395 e. The molecule has 1 fully saturated rings. The molecule has 0 bridgehead atoms. The van der Waals surface area contributed by atoms with Gasteiger partial charge in [0.2, 0.25) is 0 Å². The molecule has 20 heavy (non-hydrogen) atoms. The second-order valence-corrected chi connectivity index (χ2v) is 6.56. The van der Waals surface area contributed by atoms with Crippen molar-refractivity contribution >= 4 is 21.6 Å². The van der Waals surface area contributed by atoms with Crippen molar-refractivity contribution in [2.24, 2.45) is 5.73 Å². The van der Waals surface area contributed by atoms with Gasteiger partial charge in [-0.1, -0.05) is 41.3 Å². The summed E-state index contributed by atoms with van der Waals surface area (Å²) in [6.07, 6.45) is 6.40. The zero-order valence-electron chi connectivity index (χ0n) is 12.2. The number of hydrogen-bond acceptors (Lipinski definition) is 3. The van der Waals surface area contributed by atoms with Gasteiger partial charge in [-0.3, -0.25) is 0 Å². The van der Waals surface area contributed by atoms with E-state index >= 15 is 0 Å². The van der Waals surface area contributed by atoms with Crippen LogP contribution in [0.25, 0.3) is 0 Å². The van der Waals surface area contributed by atoms with Crippen LogP contribution in [0, 0.1) is 0 Å². The fourth-order valence-corrected chi connectivity index (χ4v) is 3.81. The first kappa shape index (κ1) is 15.8. The van der Waals surface area contributed by atoms with Gasteiger partial charge in [0.05, 0.1) is 6.61 Å². The van der Waals surface area contributed by atoms with Gasteiger partial charge in [0.25, 0.3) is 0 Å². The quantitative estimate of drug-likeness (QED) is 0.860. The van der Waals surface area contributed by atoms with Crippen LogP contribution in [0.4, 0.5) is 5.69 Å². The molecular weight excluding hydrogens is 316 g/mol. The lowest BCUT2D eigenvalue weighted by molar-refractivity contribution is 0.290. The summed E-state index contributed by atoms with van der Waals surface area (Å²) in [5.74, 6) is 0. The molecule has 0 saturated heterocycles. The Kier molecular flexibility index (Phi) is 5.87. The lowest BCUT2D eigenvalue weighted by Crippen LogP contribution is -2.38. The van der Waals surface area contributed by atoms with Gasteiger partial charge in [0.1, 0.15) is 0 Å². The average Bonchev–Trinajstić information content (AvgIpc) is 2.45. The molecule has 0 spiro atoms. The van der Waals surface area contributed by atoms with E-state index in [-0.39, 0.29) is 12.6 Å². The van der Waals surface area contributed by atoms with E-state index in [0.29, 0.717) is 12.6 Å². The molecule has 1 aromatic carbocycles. The smallest absolute Gasteiger partial charge is 0.0606 e. The van der Waals surface area contributed by atoms with Gasteiger partial charge in [-0.25, -0.2) is 0 Å². The highest BCUT2D eigenvalue weighted by Crippen LogP contribution is 2.31. The number of hydrogen-bond donors (Lipinski definition) is 2. The maximum atomic E-state index is 9.37. The first-order valence-corrected chi connectivity index (χ1v) is 8.35. The van der Waals surface area contributed by atoms with E-state index in [1.165, 1.54) is 37.8 Å². The lowest BCUT2D eigenvalue weighted by Gasteiger charge is -2.36. The summed E-state index contributed by atoms with van der Waals surface area (Å²) in [4.78, 5) is 2.36. The summed E-state index contributed by atoms with van der Waals surface area (Å²) < 4.78 is 1.06. The molecular formula is C16H25BrN2O. The molecule has 3 nitrogen and oxygen atoms in total. The van der Waals surface area contributed by atoms with Gasteiger partial charge in [-0.05, 0) is 37.5 Å². The van der Waals surface area contributed by atoms with Crippen molar-refractivity contribution in [1.29, 1.82) is 0 Å². The van der Waals surface area contributed by atoms with E-state index < -0.39 is 0 Å². The highest BCUT2D eigenvalue weighted by Gasteiger charge is 2.21. The molecule has 0 heterocycles. The summed E-state index contributed by atoms with van der Waals surface area (Å²) in [7, 11) is 0. The maximum Gasteiger partial charge on any atom is 0.0606 e. The maximum absolute atomic E-state index is 9.37. The minimum atomic E-state index is 0.0272. The van der Waals surface area contributed by atoms with Gasteiger partial charge >= 0.3 is 0 Å². The van der Waals surface area contributed by atoms with E-state index in [9.17, 15) is 5.11 Å². The fourth-order valence-electron chi connectivity index (χ4n) is 3.09. The second-order valence-electron chi connectivity index (χ2n) is 5.70. The normalized spacial score (nSPS) is 18.0. The predicted molar refractivity (Wildman–Crippen MR) is 88.0 cm³/mol. The minimum absolute atomic E-state index is 0.0272. The number of nitrogens with zero attached hydrogens (tertiary/aromatic N) is 1. The molecule has 1 saturated carbocycles. The first-order chi connectivity index (χ1) is 9.63. The lowest BCUT2D eigenvalue weighted by atomic mass is 9.93. The molecule has 112 valence electrons. The topological polar surface area (TPSA) is 49.5 Å². The van der Waals surface area contributed by atoms with Crippen molar-refractivity contribution < 1.29 is 5.11 Å². The van der Waals surface area contributed by atoms with Crippen LogP contribution >= 0.6 is 15.9 Å². The molecule has 4 heteroatoms. The Morgan fingerprint density at radius 3 is 2.60 bits per heavy atom. The standard InChI is InChI=1S/C16H25BrN2O/c1-12(18)15-8-7-14(11-16(15)17)19(9-10-20)13-5-3-2-4-6-13/h7-8,11-13,20H,2-6,9-10,18H2,1H3/t12-/m1/s1. The molecule has 3 N–H and O–H groups in total. The Labute approximate surface area is 130 Å². The Morgan fingerprint density at radius 2 is 2.05 bits per heavy atom. The Hall–Kier alpha value is -0.580. The van der Waals surface area contributed by atoms with Crippen molar-refractivity contribution in [1.82, 2.24) is 0 Å². The summed E-state index contributed by atoms with van der Waals surface area (Å²) >= 11 is 3.62. The van der Waals surface area contributed by atoms with E-state index in [0.717, 1.165) is 10.0 Å². The van der Waals surface area contributed by atoms with Crippen LogP contribution in [0.1, 0.15) is 50.6 Å². The van der Waals surface area contributed by atoms with E-state index in [1.54, 1.807) is 0 Å². The Morgan fingerprint density at radius 1 is 1.35 bits per heavy atom. The number of halogens is 1. The molecule has 0 radical (unpaired) electrons. The predicted octanol–water partition coefficient (Wildman–Crippen LogP) is 3.60. The molecule has 1 atom stereocenters. The van der Waals surface area contributed by atoms with Crippen molar-refractivity contribution in [2.75, 3.05) is 18.1 Å². The van der Waals surface area contributed by atoms with Crippen LogP contribution in [0.15, 0.2) is 22.7 Å². The second kappa shape index (κ2) is 7.43. The summed E-state index contributed by atoms with van der Waals surface area (Å²) in [5.41, 5.74) is 8.27. The van der Waals surface area contributed by atoms with Crippen LogP contribution in [0.2, 0.25) is 0 Å². The number of aliphatic hydroxyl groups excluding tert-OH is 1. The number of benzene rings is 1. The monoisotopic (exact) mass is 340 g/mol. The van der Waals surface area contributed by atoms with E-state index in [2.05, 4.69) is 39.0 Å². The van der Waals surface area contributed by atoms with Gasteiger partial charge < -0.3 is 15.7 Å². The molecule has 0 aromatic heterocycles. The summed E-state index contributed by atoms with van der Waals surface area (Å²) in [6.45, 7) is 2.89. The van der Waals surface area contributed by atoms with Gasteiger partial charge in [-0.15, -0.1) is 0 Å². The number of nitrogens with two attached hydrogens (primary N) is 1. The minimum Gasteiger partial charge on any atom is -0.395 e. The van der Waals surface area contributed by atoms with Gasteiger partial charge in [0, 0.05) is 28.8 Å². The molecule has 0 unspecified atom stereocenters. The van der Waals surface area contributed by atoms with Crippen molar-refractivity contribution in [3.8, 4) is 0 Å². The highest BCUT2D eigenvalue weighted by molar-refractivity contribution is 9.10. The zero-order chi connectivity index (χ0) is 14.5. The van der Waals surface area contributed by atoms with Crippen LogP contribution in [0.3, 0.4) is 0 Å². The molecule has 1 aliphatic carbocycles. The van der Waals surface area contributed by atoms with E-state index in [1.807, 2.05) is 6.92 Å². The van der Waals surface area contributed by atoms with Crippen LogP contribution in [-0.2, 0) is 0 Å². The number of aliphatic hydroxyl groups is 1. The third kappa shape index (κ3) is 3.74. The SMILES string of the molecule is C[C@@H](N)c1ccc(N(CCO)C2CCCCC2)cc1Br. The van der Waals surface area contributed by atoms with Gasteiger partial charge in [0.15, 0.2) is 0 Å². The van der Waals surface area contributed by atoms with Crippen LogP contribution < -0.4 is 10.6 Å². The fraction of sp³-hybridized carbons (Fsp3) is 0.625. The molecule has 0 amide bonds. The van der Waals surface area contributed by atoms with Crippen molar-refractivity contribution in [2.45, 2.75) is 51.1 Å². The third-order valence-electron chi connectivity index (χ3n) is 4.16. The van der Waals surface area contributed by atoms with E-state index in [4.69, 9.17) is 5.73 Å². The average molecular weight is 341 g/mol. The van der Waals surface area contributed by atoms with Crippen molar-refractivity contribution in [3.63, 3.8) is 0 Å². The first-order valence-electron chi connectivity index (χ1n) is 7.56. The number of rotatable bonds is 5. The highest BCUT2D eigenvalue weighted by atomic mass is 79.9. The van der Waals surface area contributed by atoms with Crippen LogP contribution in [0.5, 0.6) is 0 Å². The zero-order valence-corrected chi connectivity index (χ0v) is 13.8. The molecule has 0 aliphatic heterocycles. The van der Waals surface area contributed by atoms with Crippen molar-refractivity contribution in [3.05, 3.63) is 28.2 Å². The molecule has 1 aromatic rings. The van der Waals surface area contributed by atoms with Crippen LogP contribution in [-0.4, -0.2) is 24.3 Å². The summed E-state index contributed by atoms with van der Waals surface area (Å²) in [6, 6.07) is 6.96. The van der Waals surface area contributed by atoms with Gasteiger partial charge in [-0.2, -0.15) is 0 Å². The Balaban J connectivity index is 2.22. The number of anilines is 1.